The van der Waals surface area contributed by atoms with Gasteiger partial charge in [0.15, 0.2) is 0 Å². The second-order valence-electron chi connectivity index (χ2n) is 3.59. The van der Waals surface area contributed by atoms with Gasteiger partial charge in [0.25, 0.3) is 0 Å². The molecule has 6 nitrogen and oxygen atoms in total. The van der Waals surface area contributed by atoms with Gasteiger partial charge in [0.1, 0.15) is 5.57 Å². The van der Waals surface area contributed by atoms with Crippen molar-refractivity contribution < 1.29 is 23.9 Å². The molecule has 0 heterocycles. The zero-order valence-corrected chi connectivity index (χ0v) is 10.9. The largest absolute Gasteiger partial charge is 0.466 e. The van der Waals surface area contributed by atoms with Crippen LogP contribution >= 0.6 is 0 Å². The summed E-state index contributed by atoms with van der Waals surface area (Å²) in [6.07, 6.45) is 0.770. The number of rotatable bonds is 4. The number of carbonyl (C=O) groups is 3. The van der Waals surface area contributed by atoms with Gasteiger partial charge in [-0.2, -0.15) is 5.26 Å². The van der Waals surface area contributed by atoms with Crippen LogP contribution in [0.3, 0.4) is 0 Å². The van der Waals surface area contributed by atoms with Crippen molar-refractivity contribution in [3.05, 3.63) is 47.0 Å². The Morgan fingerprint density at radius 1 is 1.10 bits per heavy atom. The zero-order chi connectivity index (χ0) is 15.1. The van der Waals surface area contributed by atoms with Crippen LogP contribution in [0.2, 0.25) is 0 Å². The van der Waals surface area contributed by atoms with Gasteiger partial charge in [-0.05, 0) is 24.3 Å². The van der Waals surface area contributed by atoms with Crippen LogP contribution in [-0.4, -0.2) is 31.9 Å². The second-order valence-corrected chi connectivity index (χ2v) is 3.59. The van der Waals surface area contributed by atoms with Gasteiger partial charge in [-0.1, -0.05) is 0 Å². The first kappa shape index (κ1) is 15.1. The first-order valence-corrected chi connectivity index (χ1v) is 5.46. The van der Waals surface area contributed by atoms with Crippen molar-refractivity contribution in [2.45, 2.75) is 0 Å². The molecular formula is C14H11NO5. The molecule has 0 spiro atoms. The molecule has 0 aliphatic carbocycles. The van der Waals surface area contributed by atoms with E-state index in [9.17, 15) is 14.4 Å². The van der Waals surface area contributed by atoms with E-state index in [0.717, 1.165) is 20.3 Å². The molecular weight excluding hydrogens is 262 g/mol. The van der Waals surface area contributed by atoms with Gasteiger partial charge in [-0.3, -0.25) is 4.79 Å². The predicted octanol–water partition coefficient (Wildman–Crippen LogP) is 1.01. The van der Waals surface area contributed by atoms with E-state index in [2.05, 4.69) is 9.47 Å². The lowest BCUT2D eigenvalue weighted by Gasteiger charge is -2.04. The van der Waals surface area contributed by atoms with Gasteiger partial charge in [-0.25, -0.2) is 9.59 Å². The molecule has 0 N–H and O–H groups in total. The van der Waals surface area contributed by atoms with E-state index < -0.39 is 23.3 Å². The van der Waals surface area contributed by atoms with Crippen molar-refractivity contribution in [1.82, 2.24) is 0 Å². The molecule has 0 fully saturated rings. The molecule has 6 heteroatoms. The van der Waals surface area contributed by atoms with Crippen molar-refractivity contribution in [2.24, 2.45) is 0 Å². The molecule has 0 unspecified atom stereocenters. The predicted molar refractivity (Wildman–Crippen MR) is 67.6 cm³/mol. The van der Waals surface area contributed by atoms with Crippen LogP contribution in [0, 0.1) is 11.3 Å². The summed E-state index contributed by atoms with van der Waals surface area (Å²) in [7, 11) is 2.22. The number of methoxy groups -OCH3 is 2. The van der Waals surface area contributed by atoms with Gasteiger partial charge in [-0.15, -0.1) is 0 Å². The number of benzene rings is 1. The van der Waals surface area contributed by atoms with Crippen LogP contribution in [0.1, 0.15) is 15.9 Å². The summed E-state index contributed by atoms with van der Waals surface area (Å²) in [5.41, 5.74) is 0.0896. The minimum Gasteiger partial charge on any atom is -0.466 e. The maximum Gasteiger partial charge on any atom is 0.342 e. The standard InChI is InChI=1S/C14H11NO5/c1-19-12(16)7-11(14(18)20-2)13(17)10-5-3-9(8-15)4-6-10/h3-7H,1-2H3/b11-7+. The van der Waals surface area contributed by atoms with Gasteiger partial charge in [0, 0.05) is 11.6 Å². The summed E-state index contributed by atoms with van der Waals surface area (Å²) in [5.74, 6) is -2.47. The fourth-order valence-electron chi connectivity index (χ4n) is 1.36. The Balaban J connectivity index is 3.17. The molecule has 0 radical (unpaired) electrons. The molecule has 0 aliphatic rings. The highest BCUT2D eigenvalue weighted by Gasteiger charge is 2.22. The number of ketones is 1. The average Bonchev–Trinajstić information content (AvgIpc) is 2.50. The molecule has 102 valence electrons. The van der Waals surface area contributed by atoms with Gasteiger partial charge in [0.05, 0.1) is 25.9 Å². The van der Waals surface area contributed by atoms with E-state index >= 15 is 0 Å². The minimum atomic E-state index is -0.940. The Kier molecular flexibility index (Phi) is 5.18. The first-order valence-electron chi connectivity index (χ1n) is 5.46. The Labute approximate surface area is 115 Å². The number of ether oxygens (including phenoxy) is 2. The van der Waals surface area contributed by atoms with Crippen molar-refractivity contribution in [1.29, 1.82) is 5.26 Å². The lowest BCUT2D eigenvalue weighted by Crippen LogP contribution is -2.17. The molecule has 0 bridgehead atoms. The van der Waals surface area contributed by atoms with Crippen molar-refractivity contribution in [2.75, 3.05) is 14.2 Å². The molecule has 1 aromatic carbocycles. The molecule has 1 rings (SSSR count). The van der Waals surface area contributed by atoms with Gasteiger partial charge in [0.2, 0.25) is 5.78 Å². The fraction of sp³-hybridized carbons (Fsp3) is 0.143. The topological polar surface area (TPSA) is 93.5 Å². The van der Waals surface area contributed by atoms with Crippen molar-refractivity contribution in [3.63, 3.8) is 0 Å². The molecule has 20 heavy (non-hydrogen) atoms. The molecule has 0 saturated heterocycles. The van der Waals surface area contributed by atoms with Crippen LogP contribution in [0.15, 0.2) is 35.9 Å². The number of carbonyl (C=O) groups excluding carboxylic acids is 3. The Bertz CT molecular complexity index is 607. The summed E-state index contributed by atoms with van der Waals surface area (Å²) in [6, 6.07) is 7.54. The maximum absolute atomic E-state index is 12.1. The monoisotopic (exact) mass is 273 g/mol. The van der Waals surface area contributed by atoms with Crippen LogP contribution < -0.4 is 0 Å². The highest BCUT2D eigenvalue weighted by molar-refractivity contribution is 6.26. The molecule has 0 amide bonds. The van der Waals surface area contributed by atoms with Gasteiger partial charge >= 0.3 is 11.9 Å². The average molecular weight is 273 g/mol. The second kappa shape index (κ2) is 6.85. The summed E-state index contributed by atoms with van der Waals surface area (Å²) in [4.78, 5) is 34.8. The Morgan fingerprint density at radius 3 is 2.15 bits per heavy atom. The number of nitriles is 1. The van der Waals surface area contributed by atoms with Crippen LogP contribution in [0.4, 0.5) is 0 Å². The van der Waals surface area contributed by atoms with Crippen LogP contribution in [-0.2, 0) is 19.1 Å². The summed E-state index contributed by atoms with van der Waals surface area (Å²) < 4.78 is 8.84. The minimum absolute atomic E-state index is 0.157. The van der Waals surface area contributed by atoms with E-state index in [1.54, 1.807) is 0 Å². The van der Waals surface area contributed by atoms with E-state index in [1.807, 2.05) is 6.07 Å². The number of Topliss-reactive ketones (excluding diaryl/α,β-unsaturated/α-hetero) is 1. The Hall–Kier alpha value is -2.94. The fourth-order valence-corrected chi connectivity index (χ4v) is 1.36. The number of esters is 2. The molecule has 0 aromatic heterocycles. The summed E-state index contributed by atoms with van der Waals surface area (Å²) >= 11 is 0. The third-order valence-corrected chi connectivity index (χ3v) is 2.39. The number of hydrogen-bond acceptors (Lipinski definition) is 6. The summed E-state index contributed by atoms with van der Waals surface area (Å²) in [5, 5.41) is 8.67. The molecule has 0 saturated carbocycles. The van der Waals surface area contributed by atoms with E-state index in [-0.39, 0.29) is 5.56 Å². The third-order valence-electron chi connectivity index (χ3n) is 2.39. The summed E-state index contributed by atoms with van der Waals surface area (Å²) in [6.45, 7) is 0. The van der Waals surface area contributed by atoms with E-state index in [0.29, 0.717) is 5.56 Å². The van der Waals surface area contributed by atoms with E-state index in [1.165, 1.54) is 24.3 Å². The lowest BCUT2D eigenvalue weighted by atomic mass is 10.0. The number of hydrogen-bond donors (Lipinski definition) is 0. The normalized spacial score (nSPS) is 10.3. The lowest BCUT2D eigenvalue weighted by molar-refractivity contribution is -0.138. The van der Waals surface area contributed by atoms with E-state index in [4.69, 9.17) is 5.26 Å². The van der Waals surface area contributed by atoms with Crippen molar-refractivity contribution in [3.8, 4) is 6.07 Å². The van der Waals surface area contributed by atoms with Crippen molar-refractivity contribution >= 4 is 17.7 Å². The molecule has 0 atom stereocenters. The Morgan fingerprint density at radius 2 is 1.70 bits per heavy atom. The van der Waals surface area contributed by atoms with Crippen LogP contribution in [0.5, 0.6) is 0 Å². The zero-order valence-electron chi connectivity index (χ0n) is 10.9. The number of nitrogens with zero attached hydrogens (tertiary/aromatic N) is 1. The highest BCUT2D eigenvalue weighted by atomic mass is 16.5. The maximum atomic E-state index is 12.1. The molecule has 1 aromatic rings. The smallest absolute Gasteiger partial charge is 0.342 e. The first-order chi connectivity index (χ1) is 9.53. The van der Waals surface area contributed by atoms with Gasteiger partial charge < -0.3 is 9.47 Å². The quantitative estimate of drug-likeness (QED) is 0.267. The highest BCUT2D eigenvalue weighted by Crippen LogP contribution is 2.11. The van der Waals surface area contributed by atoms with Crippen LogP contribution in [0.25, 0.3) is 0 Å². The third kappa shape index (κ3) is 3.53. The SMILES string of the molecule is COC(=O)/C=C(/C(=O)OC)C(=O)c1ccc(C#N)cc1. The molecule has 0 aliphatic heterocycles.